The molecule has 1 heterocycles. The summed E-state index contributed by atoms with van der Waals surface area (Å²) in [6, 6.07) is 9.48. The lowest BCUT2D eigenvalue weighted by atomic mass is 10.0. The van der Waals surface area contributed by atoms with Crippen molar-refractivity contribution in [3.63, 3.8) is 0 Å². The molecule has 0 spiro atoms. The number of ether oxygens (including phenoxy) is 1. The fraction of sp³-hybridized carbons (Fsp3) is 0.273. The maximum absolute atomic E-state index is 14.8. The van der Waals surface area contributed by atoms with Gasteiger partial charge in [0.15, 0.2) is 10.7 Å². The van der Waals surface area contributed by atoms with Crippen LogP contribution in [0.15, 0.2) is 52.4 Å². The number of aromatic nitrogens is 3. The van der Waals surface area contributed by atoms with Crippen molar-refractivity contribution in [3.8, 4) is 5.75 Å². The van der Waals surface area contributed by atoms with Crippen molar-refractivity contribution in [1.29, 1.82) is 0 Å². The van der Waals surface area contributed by atoms with E-state index in [2.05, 4.69) is 25.2 Å². The van der Waals surface area contributed by atoms with Gasteiger partial charge in [0.05, 0.1) is 6.54 Å². The second-order valence-electron chi connectivity index (χ2n) is 7.34. The van der Waals surface area contributed by atoms with E-state index in [0.29, 0.717) is 5.56 Å². The molecule has 1 amide bonds. The number of alkyl halides is 5. The molecule has 0 aliphatic heterocycles. The topological polar surface area (TPSA) is 77.0 Å². The van der Waals surface area contributed by atoms with E-state index >= 15 is 0 Å². The fourth-order valence-corrected chi connectivity index (χ4v) is 3.92. The van der Waals surface area contributed by atoms with Crippen LogP contribution in [0.3, 0.4) is 0 Å². The summed E-state index contributed by atoms with van der Waals surface area (Å²) in [7, 11) is 0. The molecule has 0 saturated heterocycles. The molecule has 0 fully saturated rings. The second-order valence-corrected chi connectivity index (χ2v) is 8.41. The Labute approximate surface area is 196 Å². The van der Waals surface area contributed by atoms with Crippen LogP contribution in [0.2, 0.25) is 0 Å². The normalized spacial score (nSPS) is 11.9. The molecule has 1 aromatic heterocycles. The minimum atomic E-state index is -4.87. The van der Waals surface area contributed by atoms with E-state index < -0.39 is 30.5 Å². The maximum Gasteiger partial charge on any atom is 0.573 e. The van der Waals surface area contributed by atoms with Crippen molar-refractivity contribution in [3.05, 3.63) is 70.7 Å². The van der Waals surface area contributed by atoms with Crippen LogP contribution < -0.4 is 10.1 Å². The molecular formula is C22H19F5N4O2S. The zero-order valence-corrected chi connectivity index (χ0v) is 19.0. The van der Waals surface area contributed by atoms with Gasteiger partial charge in [-0.05, 0) is 44.5 Å². The zero-order chi connectivity index (χ0) is 25.1. The predicted molar refractivity (Wildman–Crippen MR) is 114 cm³/mol. The highest BCUT2D eigenvalue weighted by Gasteiger charge is 2.34. The summed E-state index contributed by atoms with van der Waals surface area (Å²) in [4.78, 5) is 17.0. The Balaban J connectivity index is 1.79. The smallest absolute Gasteiger partial charge is 0.406 e. The molecule has 0 saturated carbocycles. The van der Waals surface area contributed by atoms with Crippen LogP contribution in [0, 0.1) is 20.8 Å². The number of amides is 1. The molecule has 12 heteroatoms. The van der Waals surface area contributed by atoms with E-state index in [9.17, 15) is 26.7 Å². The Morgan fingerprint density at radius 2 is 1.76 bits per heavy atom. The Hall–Kier alpha value is -3.28. The van der Waals surface area contributed by atoms with Gasteiger partial charge in [-0.2, -0.15) is 8.78 Å². The minimum absolute atomic E-state index is 0.0675. The van der Waals surface area contributed by atoms with Gasteiger partial charge in [-0.3, -0.25) is 4.79 Å². The standard InChI is InChI=1S/C22H19F5N4O2S/c1-12-7-8-17(13(2)9-12)21(23,24)11-28-19(32)18-20(31-30-14(3)29-18)34-16-6-4-5-15(10-16)33-22(25,26)27/h4-10H,11H2,1-3H3,(H,28,32). The molecule has 2 aromatic carbocycles. The van der Waals surface area contributed by atoms with Crippen molar-refractivity contribution >= 4 is 17.7 Å². The van der Waals surface area contributed by atoms with Gasteiger partial charge in [-0.1, -0.05) is 41.6 Å². The summed E-state index contributed by atoms with van der Waals surface area (Å²) in [5.74, 6) is -4.62. The van der Waals surface area contributed by atoms with Crippen LogP contribution in [0.1, 0.15) is 33.0 Å². The van der Waals surface area contributed by atoms with E-state index in [4.69, 9.17) is 0 Å². The van der Waals surface area contributed by atoms with Crippen LogP contribution >= 0.6 is 11.8 Å². The average Bonchev–Trinajstić information content (AvgIpc) is 2.72. The summed E-state index contributed by atoms with van der Waals surface area (Å²) < 4.78 is 70.9. The van der Waals surface area contributed by atoms with E-state index in [0.717, 1.165) is 29.5 Å². The van der Waals surface area contributed by atoms with Crippen molar-refractivity contribution in [2.45, 2.75) is 43.0 Å². The van der Waals surface area contributed by atoms with Crippen molar-refractivity contribution < 1.29 is 31.5 Å². The molecule has 3 aromatic rings. The lowest BCUT2D eigenvalue weighted by Gasteiger charge is -2.20. The number of benzene rings is 2. The second kappa shape index (κ2) is 9.92. The number of hydrogen-bond donors (Lipinski definition) is 1. The molecular weight excluding hydrogens is 479 g/mol. The lowest BCUT2D eigenvalue weighted by Crippen LogP contribution is -2.36. The van der Waals surface area contributed by atoms with E-state index in [1.165, 1.54) is 25.1 Å². The van der Waals surface area contributed by atoms with Gasteiger partial charge in [-0.15, -0.1) is 23.4 Å². The third kappa shape index (κ3) is 6.62. The van der Waals surface area contributed by atoms with E-state index in [-0.39, 0.29) is 27.0 Å². The van der Waals surface area contributed by atoms with Crippen LogP contribution in [0.5, 0.6) is 5.75 Å². The summed E-state index contributed by atoms with van der Waals surface area (Å²) in [6.07, 6.45) is -4.87. The maximum atomic E-state index is 14.8. The predicted octanol–water partition coefficient (Wildman–Crippen LogP) is 5.37. The first kappa shape index (κ1) is 25.3. The molecule has 6 nitrogen and oxygen atoms in total. The highest BCUT2D eigenvalue weighted by Crippen LogP contribution is 2.33. The summed E-state index contributed by atoms with van der Waals surface area (Å²) in [5.41, 5.74) is 0.716. The fourth-order valence-electron chi connectivity index (χ4n) is 3.05. The van der Waals surface area contributed by atoms with Gasteiger partial charge in [0.2, 0.25) is 0 Å². The van der Waals surface area contributed by atoms with Gasteiger partial charge >= 0.3 is 6.36 Å². The van der Waals surface area contributed by atoms with Gasteiger partial charge in [-0.25, -0.2) is 4.98 Å². The monoisotopic (exact) mass is 498 g/mol. The third-order valence-corrected chi connectivity index (χ3v) is 5.44. The SMILES string of the molecule is Cc1ccc(C(F)(F)CNC(=O)c2nc(C)nnc2Sc2cccc(OC(F)(F)F)c2)c(C)c1. The van der Waals surface area contributed by atoms with Crippen LogP contribution in [0.25, 0.3) is 0 Å². The molecule has 180 valence electrons. The molecule has 0 unspecified atom stereocenters. The number of carbonyl (C=O) groups is 1. The van der Waals surface area contributed by atoms with Gasteiger partial charge in [0.1, 0.15) is 11.6 Å². The van der Waals surface area contributed by atoms with Gasteiger partial charge in [0, 0.05) is 10.5 Å². The number of rotatable bonds is 7. The third-order valence-electron chi connectivity index (χ3n) is 4.48. The Bertz CT molecular complexity index is 1200. The Morgan fingerprint density at radius 3 is 2.44 bits per heavy atom. The highest BCUT2D eigenvalue weighted by atomic mass is 32.2. The molecule has 0 aliphatic carbocycles. The molecule has 3 rings (SSSR count). The summed E-state index contributed by atoms with van der Waals surface area (Å²) in [6.45, 7) is 3.81. The number of nitrogens with zero attached hydrogens (tertiary/aromatic N) is 3. The van der Waals surface area contributed by atoms with E-state index in [1.807, 2.05) is 0 Å². The van der Waals surface area contributed by atoms with Crippen molar-refractivity contribution in [1.82, 2.24) is 20.5 Å². The average molecular weight is 498 g/mol. The number of hydrogen-bond acceptors (Lipinski definition) is 6. The number of carbonyl (C=O) groups excluding carboxylic acids is 1. The largest absolute Gasteiger partial charge is 0.573 e. The van der Waals surface area contributed by atoms with Crippen molar-refractivity contribution in [2.75, 3.05) is 6.54 Å². The summed E-state index contributed by atoms with van der Waals surface area (Å²) in [5, 5.41) is 9.72. The molecule has 0 radical (unpaired) electrons. The van der Waals surface area contributed by atoms with Crippen LogP contribution in [-0.4, -0.2) is 34.0 Å². The molecule has 0 bridgehead atoms. The van der Waals surface area contributed by atoms with Gasteiger partial charge < -0.3 is 10.1 Å². The first-order valence-electron chi connectivity index (χ1n) is 9.83. The molecule has 0 aliphatic rings. The zero-order valence-electron chi connectivity index (χ0n) is 18.2. The lowest BCUT2D eigenvalue weighted by molar-refractivity contribution is -0.274. The Morgan fingerprint density at radius 1 is 1.03 bits per heavy atom. The first-order chi connectivity index (χ1) is 15.8. The van der Waals surface area contributed by atoms with Crippen molar-refractivity contribution in [2.24, 2.45) is 0 Å². The van der Waals surface area contributed by atoms with Gasteiger partial charge in [0.25, 0.3) is 11.8 Å². The summed E-state index contributed by atoms with van der Waals surface area (Å²) >= 11 is 0.793. The number of nitrogens with one attached hydrogen (secondary N) is 1. The Kier molecular flexibility index (Phi) is 7.39. The number of aryl methyl sites for hydroxylation is 3. The van der Waals surface area contributed by atoms with E-state index in [1.54, 1.807) is 26.0 Å². The first-order valence-corrected chi connectivity index (χ1v) is 10.6. The van der Waals surface area contributed by atoms with Crippen LogP contribution in [-0.2, 0) is 5.92 Å². The highest BCUT2D eigenvalue weighted by molar-refractivity contribution is 7.99. The minimum Gasteiger partial charge on any atom is -0.406 e. The molecule has 34 heavy (non-hydrogen) atoms. The van der Waals surface area contributed by atoms with Crippen LogP contribution in [0.4, 0.5) is 22.0 Å². The molecule has 1 N–H and O–H groups in total. The number of halogens is 5. The molecule has 0 atom stereocenters. The quantitative estimate of drug-likeness (QED) is 0.442.